The molecule has 2 fully saturated rings. The van der Waals surface area contributed by atoms with Crippen molar-refractivity contribution in [1.29, 1.82) is 0 Å². The van der Waals surface area contributed by atoms with E-state index in [0.717, 1.165) is 10.2 Å². The minimum absolute atomic E-state index is 0.00211. The number of piperidine rings is 1. The third kappa shape index (κ3) is 3.17. The molecule has 1 unspecified atom stereocenters. The molecule has 0 saturated carbocycles. The Labute approximate surface area is 138 Å². The molecule has 1 atom stereocenters. The Hall–Kier alpha value is -1.40. The summed E-state index contributed by atoms with van der Waals surface area (Å²) in [5, 5.41) is 9.53. The van der Waals surface area contributed by atoms with Crippen molar-refractivity contribution in [1.82, 2.24) is 4.90 Å². The van der Waals surface area contributed by atoms with Crippen LogP contribution in [0.5, 0.6) is 0 Å². The molecule has 2 saturated heterocycles. The average molecular weight is 367 g/mol. The Bertz CT molecular complexity index is 567. The normalized spacial score (nSPS) is 23.2. The molecule has 22 heavy (non-hydrogen) atoms. The molecule has 2 aliphatic rings. The number of benzene rings is 1. The molecule has 0 bridgehead atoms. The number of hydrogen-bond acceptors (Lipinski definition) is 3. The SMILES string of the molecule is O=C(C1CC(=O)N(c2ccc(Br)cc2)C1)N1CCC(O)CC1. The van der Waals surface area contributed by atoms with Gasteiger partial charge in [0.1, 0.15) is 0 Å². The number of aliphatic hydroxyl groups excluding tert-OH is 1. The van der Waals surface area contributed by atoms with Crippen LogP contribution in [-0.4, -0.2) is 47.6 Å². The van der Waals surface area contributed by atoms with E-state index in [4.69, 9.17) is 0 Å². The zero-order valence-corrected chi connectivity index (χ0v) is 13.8. The molecule has 1 aromatic carbocycles. The van der Waals surface area contributed by atoms with Gasteiger partial charge in [0.05, 0.1) is 12.0 Å². The lowest BCUT2D eigenvalue weighted by atomic mass is 10.0. The summed E-state index contributed by atoms with van der Waals surface area (Å²) in [5.74, 6) is -0.232. The lowest BCUT2D eigenvalue weighted by Gasteiger charge is -2.31. The van der Waals surface area contributed by atoms with Gasteiger partial charge in [-0.25, -0.2) is 0 Å². The van der Waals surface area contributed by atoms with E-state index in [1.807, 2.05) is 24.3 Å². The van der Waals surface area contributed by atoms with Gasteiger partial charge in [0.2, 0.25) is 11.8 Å². The van der Waals surface area contributed by atoms with Crippen molar-refractivity contribution in [3.63, 3.8) is 0 Å². The summed E-state index contributed by atoms with van der Waals surface area (Å²) in [4.78, 5) is 28.2. The molecule has 118 valence electrons. The standard InChI is InChI=1S/C16H19BrN2O3/c17-12-1-3-13(4-2-12)19-10-11(9-15(19)21)16(22)18-7-5-14(20)6-8-18/h1-4,11,14,20H,5-10H2. The van der Waals surface area contributed by atoms with Crippen LogP contribution in [0.4, 0.5) is 5.69 Å². The number of halogens is 1. The molecule has 5 nitrogen and oxygen atoms in total. The van der Waals surface area contributed by atoms with E-state index in [1.165, 1.54) is 0 Å². The average Bonchev–Trinajstić information content (AvgIpc) is 2.90. The van der Waals surface area contributed by atoms with Gasteiger partial charge >= 0.3 is 0 Å². The molecule has 3 rings (SSSR count). The van der Waals surface area contributed by atoms with Crippen molar-refractivity contribution in [2.75, 3.05) is 24.5 Å². The molecular weight excluding hydrogens is 348 g/mol. The lowest BCUT2D eigenvalue weighted by Crippen LogP contribution is -2.43. The van der Waals surface area contributed by atoms with Crippen molar-refractivity contribution in [2.45, 2.75) is 25.4 Å². The third-order valence-corrected chi connectivity index (χ3v) is 4.92. The summed E-state index contributed by atoms with van der Waals surface area (Å²) < 4.78 is 0.961. The first-order chi connectivity index (χ1) is 10.5. The van der Waals surface area contributed by atoms with Crippen LogP contribution < -0.4 is 4.90 Å². The molecule has 2 amide bonds. The number of anilines is 1. The number of aliphatic hydroxyl groups is 1. The van der Waals surface area contributed by atoms with Crippen LogP contribution in [0.1, 0.15) is 19.3 Å². The molecule has 6 heteroatoms. The first kappa shape index (κ1) is 15.5. The van der Waals surface area contributed by atoms with E-state index >= 15 is 0 Å². The van der Waals surface area contributed by atoms with E-state index in [9.17, 15) is 14.7 Å². The third-order valence-electron chi connectivity index (χ3n) is 4.39. The number of carbonyl (C=O) groups excluding carboxylic acids is 2. The lowest BCUT2D eigenvalue weighted by molar-refractivity contribution is -0.137. The molecule has 2 heterocycles. The smallest absolute Gasteiger partial charge is 0.228 e. The molecule has 1 aromatic rings. The summed E-state index contributed by atoms with van der Waals surface area (Å²) in [6.07, 6.45) is 1.23. The number of carbonyl (C=O) groups is 2. The minimum Gasteiger partial charge on any atom is -0.393 e. The second-order valence-corrected chi connectivity index (χ2v) is 6.85. The summed E-state index contributed by atoms with van der Waals surface area (Å²) >= 11 is 3.38. The maximum absolute atomic E-state index is 12.5. The maximum Gasteiger partial charge on any atom is 0.228 e. The zero-order valence-electron chi connectivity index (χ0n) is 12.2. The van der Waals surface area contributed by atoms with Crippen LogP contribution in [0.3, 0.4) is 0 Å². The molecular formula is C16H19BrN2O3. The molecule has 1 N–H and O–H groups in total. The van der Waals surface area contributed by atoms with Crippen LogP contribution in [0.15, 0.2) is 28.7 Å². The van der Waals surface area contributed by atoms with E-state index in [1.54, 1.807) is 9.80 Å². The first-order valence-corrected chi connectivity index (χ1v) is 8.36. The van der Waals surface area contributed by atoms with Gasteiger partial charge in [0.25, 0.3) is 0 Å². The number of nitrogens with zero attached hydrogens (tertiary/aromatic N) is 2. The second-order valence-electron chi connectivity index (χ2n) is 5.94. The van der Waals surface area contributed by atoms with E-state index in [2.05, 4.69) is 15.9 Å². The fourth-order valence-corrected chi connectivity index (χ4v) is 3.35. The van der Waals surface area contributed by atoms with Crippen LogP contribution in [-0.2, 0) is 9.59 Å². The Morgan fingerprint density at radius 2 is 1.82 bits per heavy atom. The number of hydrogen-bond donors (Lipinski definition) is 1. The molecule has 0 spiro atoms. The van der Waals surface area contributed by atoms with Crippen LogP contribution in [0.2, 0.25) is 0 Å². The van der Waals surface area contributed by atoms with Crippen LogP contribution in [0, 0.1) is 5.92 Å². The monoisotopic (exact) mass is 366 g/mol. The van der Waals surface area contributed by atoms with Crippen molar-refractivity contribution < 1.29 is 14.7 Å². The zero-order chi connectivity index (χ0) is 15.7. The van der Waals surface area contributed by atoms with Crippen molar-refractivity contribution in [3.8, 4) is 0 Å². The number of amides is 2. The molecule has 0 aliphatic carbocycles. The van der Waals surface area contributed by atoms with Gasteiger partial charge in [0.15, 0.2) is 0 Å². The van der Waals surface area contributed by atoms with E-state index in [0.29, 0.717) is 32.5 Å². The van der Waals surface area contributed by atoms with Gasteiger partial charge in [-0.3, -0.25) is 9.59 Å². The highest BCUT2D eigenvalue weighted by atomic mass is 79.9. The van der Waals surface area contributed by atoms with Gasteiger partial charge in [-0.15, -0.1) is 0 Å². The van der Waals surface area contributed by atoms with Crippen LogP contribution >= 0.6 is 15.9 Å². The van der Waals surface area contributed by atoms with Crippen molar-refractivity contribution >= 4 is 33.4 Å². The molecule has 2 aliphatic heterocycles. The summed E-state index contributed by atoms with van der Waals surface area (Å²) in [6.45, 7) is 1.62. The highest BCUT2D eigenvalue weighted by Gasteiger charge is 2.37. The van der Waals surface area contributed by atoms with Gasteiger partial charge in [-0.2, -0.15) is 0 Å². The summed E-state index contributed by atoms with van der Waals surface area (Å²) in [7, 11) is 0. The Balaban J connectivity index is 1.66. The van der Waals surface area contributed by atoms with Crippen molar-refractivity contribution in [3.05, 3.63) is 28.7 Å². The fraction of sp³-hybridized carbons (Fsp3) is 0.500. The maximum atomic E-state index is 12.5. The minimum atomic E-state index is -0.298. The Morgan fingerprint density at radius 3 is 2.45 bits per heavy atom. The number of likely N-dealkylation sites (tertiary alicyclic amines) is 1. The second kappa shape index (κ2) is 6.38. The summed E-state index contributed by atoms with van der Waals surface area (Å²) in [5.41, 5.74) is 0.831. The number of rotatable bonds is 2. The fourth-order valence-electron chi connectivity index (χ4n) is 3.09. The van der Waals surface area contributed by atoms with Gasteiger partial charge in [-0.05, 0) is 37.1 Å². The molecule has 0 radical (unpaired) electrons. The Kier molecular flexibility index (Phi) is 4.49. The predicted molar refractivity (Wildman–Crippen MR) is 86.4 cm³/mol. The van der Waals surface area contributed by atoms with Gasteiger partial charge < -0.3 is 14.9 Å². The Morgan fingerprint density at radius 1 is 1.18 bits per heavy atom. The predicted octanol–water partition coefficient (Wildman–Crippen LogP) is 1.79. The largest absolute Gasteiger partial charge is 0.393 e. The summed E-state index contributed by atoms with van der Waals surface area (Å²) in [6, 6.07) is 7.55. The highest BCUT2D eigenvalue weighted by molar-refractivity contribution is 9.10. The van der Waals surface area contributed by atoms with Crippen LogP contribution in [0.25, 0.3) is 0 Å². The highest BCUT2D eigenvalue weighted by Crippen LogP contribution is 2.28. The molecule has 0 aromatic heterocycles. The van der Waals surface area contributed by atoms with E-state index < -0.39 is 0 Å². The van der Waals surface area contributed by atoms with Crippen molar-refractivity contribution in [2.24, 2.45) is 5.92 Å². The topological polar surface area (TPSA) is 60.9 Å². The first-order valence-electron chi connectivity index (χ1n) is 7.57. The van der Waals surface area contributed by atoms with E-state index in [-0.39, 0.29) is 30.3 Å². The van der Waals surface area contributed by atoms with Gasteiger partial charge in [-0.1, -0.05) is 15.9 Å². The quantitative estimate of drug-likeness (QED) is 0.867. The van der Waals surface area contributed by atoms with Gasteiger partial charge in [0, 0.05) is 36.2 Å².